The third kappa shape index (κ3) is 2.99. The lowest BCUT2D eigenvalue weighted by atomic mass is 9.86. The molecule has 4 nitrogen and oxygen atoms in total. The van der Waals surface area contributed by atoms with Crippen molar-refractivity contribution in [2.45, 2.75) is 64.6 Å². The molecule has 2 amide bonds. The first-order valence-corrected chi connectivity index (χ1v) is 8.49. The van der Waals surface area contributed by atoms with Gasteiger partial charge in [-0.15, -0.1) is 0 Å². The summed E-state index contributed by atoms with van der Waals surface area (Å²) < 4.78 is 0. The number of hydrogen-bond donors (Lipinski definition) is 1. The van der Waals surface area contributed by atoms with E-state index < -0.39 is 6.04 Å². The Morgan fingerprint density at radius 3 is 2.48 bits per heavy atom. The summed E-state index contributed by atoms with van der Waals surface area (Å²) >= 11 is 0. The van der Waals surface area contributed by atoms with Gasteiger partial charge in [-0.25, -0.2) is 0 Å². The molecule has 124 valence electrons. The zero-order chi connectivity index (χ0) is 16.8. The Morgan fingerprint density at radius 1 is 1.22 bits per heavy atom. The van der Waals surface area contributed by atoms with Crippen LogP contribution in [-0.4, -0.2) is 28.3 Å². The molecular weight excluding hydrogens is 288 g/mol. The minimum atomic E-state index is -0.512. The smallest absolute Gasteiger partial charge is 0.247 e. The van der Waals surface area contributed by atoms with Gasteiger partial charge < -0.3 is 10.2 Å². The van der Waals surface area contributed by atoms with Crippen LogP contribution in [-0.2, 0) is 9.59 Å². The lowest BCUT2D eigenvalue weighted by molar-refractivity contribution is -0.163. The Kier molecular flexibility index (Phi) is 3.95. The maximum absolute atomic E-state index is 12.9. The minimum absolute atomic E-state index is 0.0833. The molecule has 2 fully saturated rings. The number of rotatable bonds is 3. The zero-order valence-electron chi connectivity index (χ0n) is 14.4. The second-order valence-corrected chi connectivity index (χ2v) is 7.90. The first-order valence-electron chi connectivity index (χ1n) is 8.49. The Bertz CT molecular complexity index is 615. The molecule has 1 aliphatic heterocycles. The lowest BCUT2D eigenvalue weighted by Crippen LogP contribution is -2.62. The van der Waals surface area contributed by atoms with Crippen molar-refractivity contribution in [2.24, 2.45) is 5.92 Å². The van der Waals surface area contributed by atoms with Gasteiger partial charge in [0.2, 0.25) is 11.8 Å². The molecule has 1 unspecified atom stereocenters. The van der Waals surface area contributed by atoms with Gasteiger partial charge in [-0.3, -0.25) is 9.59 Å². The Balaban J connectivity index is 1.92. The van der Waals surface area contributed by atoms with E-state index in [2.05, 4.69) is 5.32 Å². The topological polar surface area (TPSA) is 49.4 Å². The predicted molar refractivity (Wildman–Crippen MR) is 89.8 cm³/mol. The monoisotopic (exact) mass is 314 g/mol. The maximum atomic E-state index is 12.9. The van der Waals surface area contributed by atoms with Gasteiger partial charge in [0.1, 0.15) is 6.04 Å². The van der Waals surface area contributed by atoms with Gasteiger partial charge in [-0.1, -0.05) is 36.2 Å². The van der Waals surface area contributed by atoms with Crippen LogP contribution in [0.25, 0.3) is 0 Å². The van der Waals surface area contributed by atoms with Crippen LogP contribution >= 0.6 is 0 Å². The molecule has 1 aromatic carbocycles. The molecule has 3 atom stereocenters. The predicted octanol–water partition coefficient (Wildman–Crippen LogP) is 2.96. The van der Waals surface area contributed by atoms with E-state index in [9.17, 15) is 9.59 Å². The molecule has 0 aromatic heterocycles. The molecule has 1 saturated carbocycles. The highest BCUT2D eigenvalue weighted by Gasteiger charge is 2.54. The van der Waals surface area contributed by atoms with Crippen LogP contribution in [0.4, 0.5) is 0 Å². The summed E-state index contributed by atoms with van der Waals surface area (Å²) in [5.41, 5.74) is 1.73. The van der Waals surface area contributed by atoms with Crippen LogP contribution in [0.1, 0.15) is 57.2 Å². The van der Waals surface area contributed by atoms with Crippen molar-refractivity contribution < 1.29 is 9.59 Å². The third-order valence-corrected chi connectivity index (χ3v) is 4.83. The van der Waals surface area contributed by atoms with E-state index >= 15 is 0 Å². The van der Waals surface area contributed by atoms with Crippen molar-refractivity contribution in [1.82, 2.24) is 10.2 Å². The van der Waals surface area contributed by atoms with E-state index in [0.29, 0.717) is 0 Å². The summed E-state index contributed by atoms with van der Waals surface area (Å²) in [7, 11) is 0. The first-order chi connectivity index (χ1) is 10.8. The molecule has 1 heterocycles. The quantitative estimate of drug-likeness (QED) is 0.872. The number of nitrogens with one attached hydrogen (secondary N) is 1. The molecule has 1 saturated heterocycles. The van der Waals surface area contributed by atoms with Gasteiger partial charge in [-0.2, -0.15) is 0 Å². The Hall–Kier alpha value is -1.84. The van der Waals surface area contributed by atoms with Crippen LogP contribution in [0.3, 0.4) is 0 Å². The Morgan fingerprint density at radius 2 is 1.87 bits per heavy atom. The number of likely N-dealkylation sites (tertiary alicyclic amines) is 1. The van der Waals surface area contributed by atoms with Gasteiger partial charge in [0.05, 0.1) is 5.92 Å². The fourth-order valence-corrected chi connectivity index (χ4v) is 3.78. The fourth-order valence-electron chi connectivity index (χ4n) is 3.78. The number of hydrogen-bond acceptors (Lipinski definition) is 2. The molecule has 2 aliphatic rings. The van der Waals surface area contributed by atoms with Crippen LogP contribution in [0.5, 0.6) is 0 Å². The first kappa shape index (κ1) is 16.0. The van der Waals surface area contributed by atoms with Crippen molar-refractivity contribution in [3.63, 3.8) is 0 Å². The van der Waals surface area contributed by atoms with E-state index in [0.717, 1.165) is 30.4 Å². The van der Waals surface area contributed by atoms with Crippen molar-refractivity contribution >= 4 is 11.8 Å². The van der Waals surface area contributed by atoms with E-state index in [1.807, 2.05) is 56.9 Å². The molecule has 3 rings (SSSR count). The zero-order valence-corrected chi connectivity index (χ0v) is 14.4. The molecule has 0 bridgehead atoms. The van der Waals surface area contributed by atoms with E-state index in [4.69, 9.17) is 0 Å². The van der Waals surface area contributed by atoms with Crippen LogP contribution in [0.2, 0.25) is 0 Å². The highest BCUT2D eigenvalue weighted by atomic mass is 16.2. The summed E-state index contributed by atoms with van der Waals surface area (Å²) in [6, 6.07) is 7.67. The number of amides is 2. The molecule has 0 radical (unpaired) electrons. The number of aryl methyl sites for hydroxylation is 1. The molecule has 23 heavy (non-hydrogen) atoms. The number of fused-ring (bicyclic) bond motifs is 1. The molecule has 1 N–H and O–H groups in total. The van der Waals surface area contributed by atoms with Gasteiger partial charge in [0, 0.05) is 11.6 Å². The minimum Gasteiger partial charge on any atom is -0.349 e. The molecule has 1 aromatic rings. The van der Waals surface area contributed by atoms with Crippen LogP contribution in [0, 0.1) is 12.8 Å². The second kappa shape index (κ2) is 5.66. The summed E-state index contributed by atoms with van der Waals surface area (Å²) in [5.74, 6) is 0.201. The molecule has 4 heteroatoms. The SMILES string of the molecule is Cc1ccc(C(C(=O)NC(C)(C)C)N2C(=O)[C@@H]3CCC[C@@H]32)cc1. The average Bonchev–Trinajstić information content (AvgIpc) is 2.88. The number of carbonyl (C=O) groups excluding carboxylic acids is 2. The summed E-state index contributed by atoms with van der Waals surface area (Å²) in [5, 5.41) is 3.05. The molecular formula is C19H26N2O2. The standard InChI is InChI=1S/C19H26N2O2/c1-12-8-10-13(11-9-12)16(17(22)20-19(2,3)4)21-15-7-5-6-14(15)18(21)23/h8-11,14-16H,5-7H2,1-4H3,(H,20,22)/t14-,15+,16?/m1/s1. The van der Waals surface area contributed by atoms with Crippen molar-refractivity contribution in [1.29, 1.82) is 0 Å². The molecule has 1 aliphatic carbocycles. The highest BCUT2D eigenvalue weighted by molar-refractivity contribution is 5.94. The Labute approximate surface area is 138 Å². The third-order valence-electron chi connectivity index (χ3n) is 4.83. The van der Waals surface area contributed by atoms with Gasteiger partial charge in [-0.05, 0) is 46.1 Å². The summed E-state index contributed by atoms with van der Waals surface area (Å²) in [6.07, 6.45) is 3.07. The lowest BCUT2D eigenvalue weighted by Gasteiger charge is -2.48. The second-order valence-electron chi connectivity index (χ2n) is 7.90. The number of benzene rings is 1. The van der Waals surface area contributed by atoms with Crippen LogP contribution < -0.4 is 5.32 Å². The summed E-state index contributed by atoms with van der Waals surface area (Å²) in [6.45, 7) is 7.92. The normalized spacial score (nSPS) is 24.9. The van der Waals surface area contributed by atoms with Gasteiger partial charge >= 0.3 is 0 Å². The van der Waals surface area contributed by atoms with Gasteiger partial charge in [0.15, 0.2) is 0 Å². The maximum Gasteiger partial charge on any atom is 0.247 e. The fraction of sp³-hybridized carbons (Fsp3) is 0.579. The van der Waals surface area contributed by atoms with Crippen molar-refractivity contribution in [3.8, 4) is 0 Å². The van der Waals surface area contributed by atoms with Crippen molar-refractivity contribution in [3.05, 3.63) is 35.4 Å². The van der Waals surface area contributed by atoms with E-state index in [-0.39, 0.29) is 29.3 Å². The largest absolute Gasteiger partial charge is 0.349 e. The van der Waals surface area contributed by atoms with Crippen LogP contribution in [0.15, 0.2) is 24.3 Å². The average molecular weight is 314 g/mol. The number of β-lactam (4-membered cyclic amide) rings is 1. The highest BCUT2D eigenvalue weighted by Crippen LogP contribution is 2.45. The number of carbonyl (C=O) groups is 2. The summed E-state index contributed by atoms with van der Waals surface area (Å²) in [4.78, 5) is 27.3. The van der Waals surface area contributed by atoms with E-state index in [1.165, 1.54) is 0 Å². The number of nitrogens with zero attached hydrogens (tertiary/aromatic N) is 1. The van der Waals surface area contributed by atoms with Crippen molar-refractivity contribution in [2.75, 3.05) is 0 Å². The molecule has 0 spiro atoms. The van der Waals surface area contributed by atoms with E-state index in [1.54, 1.807) is 0 Å². The van der Waals surface area contributed by atoms with Gasteiger partial charge in [0.25, 0.3) is 0 Å².